The zero-order valence-corrected chi connectivity index (χ0v) is 23.2. The third-order valence-electron chi connectivity index (χ3n) is 7.91. The SMILES string of the molecule is CCC(CC)(c1ccc(C(=O)NCC(=O)O)c(C)c1)C(C)C/C(C)=C(\C)CCC(N=O)C(C)(C)C. The van der Waals surface area contributed by atoms with Gasteiger partial charge in [-0.25, -0.2) is 0 Å². The van der Waals surface area contributed by atoms with Gasteiger partial charge in [0.1, 0.15) is 6.54 Å². The number of nitrogens with zero attached hydrogens (tertiary/aromatic N) is 1. The molecule has 2 unspecified atom stereocenters. The highest BCUT2D eigenvalue weighted by Gasteiger charge is 2.35. The molecule has 0 bridgehead atoms. The number of carbonyl (C=O) groups excluding carboxylic acids is 1. The number of hydrogen-bond donors (Lipinski definition) is 2. The van der Waals surface area contributed by atoms with E-state index in [1.54, 1.807) is 0 Å². The molecule has 0 aliphatic carbocycles. The number of nitrogens with one attached hydrogen (secondary N) is 1. The highest BCUT2D eigenvalue weighted by Crippen LogP contribution is 2.43. The molecule has 0 fully saturated rings. The van der Waals surface area contributed by atoms with Gasteiger partial charge < -0.3 is 10.4 Å². The van der Waals surface area contributed by atoms with Crippen molar-refractivity contribution in [3.05, 3.63) is 50.9 Å². The van der Waals surface area contributed by atoms with Crippen LogP contribution in [0.3, 0.4) is 0 Å². The largest absolute Gasteiger partial charge is 0.480 e. The molecule has 6 nitrogen and oxygen atoms in total. The minimum Gasteiger partial charge on any atom is -0.480 e. The first-order chi connectivity index (χ1) is 16.2. The van der Waals surface area contributed by atoms with E-state index < -0.39 is 12.5 Å². The van der Waals surface area contributed by atoms with Crippen molar-refractivity contribution >= 4 is 11.9 Å². The number of rotatable bonds is 13. The molecule has 0 spiro atoms. The average molecular weight is 487 g/mol. The number of carboxylic acid groups (broad SMARTS) is 1. The van der Waals surface area contributed by atoms with E-state index in [0.717, 1.165) is 37.7 Å². The Morgan fingerprint density at radius 1 is 1.09 bits per heavy atom. The van der Waals surface area contributed by atoms with Gasteiger partial charge in [-0.15, -0.1) is 0 Å². The Morgan fingerprint density at radius 2 is 1.69 bits per heavy atom. The quantitative estimate of drug-likeness (QED) is 0.228. The number of nitroso groups, excluding NO2 is 1. The van der Waals surface area contributed by atoms with Crippen LogP contribution in [0.5, 0.6) is 0 Å². The highest BCUT2D eigenvalue weighted by molar-refractivity contribution is 5.97. The van der Waals surface area contributed by atoms with Crippen LogP contribution in [0, 0.1) is 23.2 Å². The number of hydrogen-bond acceptors (Lipinski definition) is 4. The van der Waals surface area contributed by atoms with Crippen molar-refractivity contribution in [1.82, 2.24) is 5.32 Å². The molecule has 0 saturated heterocycles. The Balaban J connectivity index is 3.13. The normalized spacial score (nSPS) is 14.7. The zero-order valence-electron chi connectivity index (χ0n) is 23.2. The Labute approximate surface area is 211 Å². The Morgan fingerprint density at radius 3 is 2.14 bits per heavy atom. The van der Waals surface area contributed by atoms with Crippen molar-refractivity contribution in [1.29, 1.82) is 0 Å². The highest BCUT2D eigenvalue weighted by atomic mass is 16.4. The summed E-state index contributed by atoms with van der Waals surface area (Å²) >= 11 is 0. The predicted octanol–water partition coefficient (Wildman–Crippen LogP) is 7.19. The topological polar surface area (TPSA) is 95.8 Å². The Hall–Kier alpha value is -2.50. The molecule has 0 aliphatic rings. The molecule has 0 aromatic heterocycles. The minimum absolute atomic E-state index is 0.0410. The van der Waals surface area contributed by atoms with E-state index in [1.165, 1.54) is 16.7 Å². The molecule has 0 radical (unpaired) electrons. The summed E-state index contributed by atoms with van der Waals surface area (Å²) in [7, 11) is 0. The summed E-state index contributed by atoms with van der Waals surface area (Å²) in [5.74, 6) is -1.05. The number of amides is 1. The van der Waals surface area contributed by atoms with Crippen LogP contribution in [0.4, 0.5) is 0 Å². The fourth-order valence-corrected chi connectivity index (χ4v) is 5.16. The minimum atomic E-state index is -1.06. The molecule has 35 heavy (non-hydrogen) atoms. The third-order valence-corrected chi connectivity index (χ3v) is 7.91. The van der Waals surface area contributed by atoms with Gasteiger partial charge in [0.2, 0.25) is 0 Å². The number of aliphatic carboxylic acids is 1. The van der Waals surface area contributed by atoms with E-state index in [-0.39, 0.29) is 22.8 Å². The van der Waals surface area contributed by atoms with Gasteiger partial charge in [-0.05, 0) is 86.8 Å². The van der Waals surface area contributed by atoms with E-state index in [2.05, 4.69) is 71.9 Å². The smallest absolute Gasteiger partial charge is 0.322 e. The summed E-state index contributed by atoms with van der Waals surface area (Å²) in [6.07, 6.45) is 4.55. The average Bonchev–Trinajstić information content (AvgIpc) is 2.78. The molecular formula is C29H46N2O4. The second-order valence-corrected chi connectivity index (χ2v) is 11.2. The van der Waals surface area contributed by atoms with Gasteiger partial charge in [0.25, 0.3) is 5.91 Å². The molecule has 1 aromatic rings. The van der Waals surface area contributed by atoms with E-state index in [9.17, 15) is 14.5 Å². The molecule has 1 amide bonds. The zero-order chi connectivity index (χ0) is 27.0. The number of carbonyl (C=O) groups is 2. The molecule has 196 valence electrons. The lowest BCUT2D eigenvalue weighted by atomic mass is 9.65. The van der Waals surface area contributed by atoms with E-state index in [0.29, 0.717) is 11.5 Å². The van der Waals surface area contributed by atoms with Gasteiger partial charge >= 0.3 is 5.97 Å². The van der Waals surface area contributed by atoms with Crippen molar-refractivity contribution in [3.8, 4) is 0 Å². The first kappa shape index (κ1) is 30.5. The summed E-state index contributed by atoms with van der Waals surface area (Å²) in [5.41, 5.74) is 5.10. The van der Waals surface area contributed by atoms with Crippen LogP contribution in [0.1, 0.15) is 109 Å². The van der Waals surface area contributed by atoms with Crippen LogP contribution in [0.2, 0.25) is 0 Å². The second-order valence-electron chi connectivity index (χ2n) is 11.2. The lowest BCUT2D eigenvalue weighted by molar-refractivity contribution is -0.135. The van der Waals surface area contributed by atoms with Gasteiger partial charge in [0.05, 0.1) is 6.04 Å². The second kappa shape index (κ2) is 13.0. The van der Waals surface area contributed by atoms with Crippen LogP contribution >= 0.6 is 0 Å². The molecule has 0 heterocycles. The molecular weight excluding hydrogens is 440 g/mol. The summed E-state index contributed by atoms with van der Waals surface area (Å²) < 4.78 is 0. The maximum absolute atomic E-state index is 12.4. The number of benzene rings is 1. The Bertz CT molecular complexity index is 923. The van der Waals surface area contributed by atoms with Gasteiger partial charge in [0, 0.05) is 5.56 Å². The molecule has 2 atom stereocenters. The molecule has 1 rings (SSSR count). The van der Waals surface area contributed by atoms with Crippen molar-refractivity contribution in [2.45, 2.75) is 106 Å². The lowest BCUT2D eigenvalue weighted by Gasteiger charge is -2.39. The van der Waals surface area contributed by atoms with Crippen LogP contribution in [0.15, 0.2) is 34.5 Å². The summed E-state index contributed by atoms with van der Waals surface area (Å²) in [6.45, 7) is 18.8. The molecule has 0 aliphatic heterocycles. The lowest BCUT2D eigenvalue weighted by Crippen LogP contribution is -2.33. The van der Waals surface area contributed by atoms with E-state index >= 15 is 0 Å². The van der Waals surface area contributed by atoms with Crippen LogP contribution < -0.4 is 5.32 Å². The standard InChI is InChI=1S/C29H46N2O4/c1-10-29(11-2,23-13-14-24(21(5)17-23)27(34)30-18-26(32)33)22(6)16-20(4)19(3)12-15-25(31-35)28(7,8)9/h13-14,17,22,25H,10-12,15-16,18H2,1-9H3,(H,30,34)(H,32,33)/b20-19+. The summed E-state index contributed by atoms with van der Waals surface area (Å²) in [6, 6.07) is 5.75. The van der Waals surface area contributed by atoms with Crippen molar-refractivity contribution in [2.75, 3.05) is 6.54 Å². The van der Waals surface area contributed by atoms with E-state index in [1.807, 2.05) is 19.1 Å². The molecule has 1 aromatic carbocycles. The van der Waals surface area contributed by atoms with Gasteiger partial charge in [0.15, 0.2) is 0 Å². The summed E-state index contributed by atoms with van der Waals surface area (Å²) in [4.78, 5) is 34.5. The fourth-order valence-electron chi connectivity index (χ4n) is 5.16. The first-order valence-corrected chi connectivity index (χ1v) is 12.8. The number of aryl methyl sites for hydroxylation is 1. The van der Waals surface area contributed by atoms with Gasteiger partial charge in [-0.3, -0.25) is 9.59 Å². The Kier molecular flexibility index (Phi) is 11.3. The van der Waals surface area contributed by atoms with Crippen LogP contribution in [-0.2, 0) is 10.2 Å². The maximum atomic E-state index is 12.4. The monoisotopic (exact) mass is 486 g/mol. The van der Waals surface area contributed by atoms with Gasteiger partial charge in [-0.1, -0.05) is 70.0 Å². The molecule has 0 saturated carbocycles. The van der Waals surface area contributed by atoms with E-state index in [4.69, 9.17) is 5.11 Å². The number of allylic oxidation sites excluding steroid dienone is 2. The van der Waals surface area contributed by atoms with Crippen molar-refractivity contribution in [2.24, 2.45) is 16.5 Å². The molecule has 6 heteroatoms. The number of carboxylic acids is 1. The molecule has 2 N–H and O–H groups in total. The first-order valence-electron chi connectivity index (χ1n) is 12.8. The van der Waals surface area contributed by atoms with Crippen molar-refractivity contribution < 1.29 is 14.7 Å². The predicted molar refractivity (Wildman–Crippen MR) is 144 cm³/mol. The van der Waals surface area contributed by atoms with Crippen LogP contribution in [0.25, 0.3) is 0 Å². The van der Waals surface area contributed by atoms with Crippen LogP contribution in [-0.4, -0.2) is 29.6 Å². The summed E-state index contributed by atoms with van der Waals surface area (Å²) in [5, 5.41) is 14.7. The van der Waals surface area contributed by atoms with Gasteiger partial charge in [-0.2, -0.15) is 4.91 Å². The maximum Gasteiger partial charge on any atom is 0.322 e. The third kappa shape index (κ3) is 8.01. The van der Waals surface area contributed by atoms with Crippen molar-refractivity contribution in [3.63, 3.8) is 0 Å². The fraction of sp³-hybridized carbons (Fsp3) is 0.655.